The molecule has 0 atom stereocenters. The van der Waals surface area contributed by atoms with Gasteiger partial charge in [-0.15, -0.1) is 11.3 Å². The lowest BCUT2D eigenvalue weighted by Gasteiger charge is -1.99. The van der Waals surface area contributed by atoms with E-state index >= 15 is 0 Å². The van der Waals surface area contributed by atoms with Gasteiger partial charge in [-0.2, -0.15) is 0 Å². The lowest BCUT2D eigenvalue weighted by Crippen LogP contribution is -2.22. The Hall–Kier alpha value is -0.900. The summed E-state index contributed by atoms with van der Waals surface area (Å²) < 4.78 is 0. The molecule has 1 amide bonds. The van der Waals surface area contributed by atoms with E-state index in [0.29, 0.717) is 6.54 Å². The molecule has 72 valence electrons. The van der Waals surface area contributed by atoms with E-state index in [1.54, 1.807) is 11.3 Å². The first-order valence-electron chi connectivity index (χ1n) is 4.27. The van der Waals surface area contributed by atoms with Crippen LogP contribution in [0.1, 0.15) is 22.5 Å². The minimum atomic E-state index is 0.0268. The summed E-state index contributed by atoms with van der Waals surface area (Å²) in [5, 5.41) is 3.86. The summed E-state index contributed by atoms with van der Waals surface area (Å²) in [6, 6.07) is 0. The molecule has 0 unspecified atom stereocenters. The molecule has 1 rings (SSSR count). The molecule has 0 aliphatic rings. The number of thiazole rings is 1. The molecule has 0 fully saturated rings. The number of rotatable bonds is 3. The number of amides is 1. The van der Waals surface area contributed by atoms with Crippen LogP contribution in [-0.2, 0) is 11.2 Å². The zero-order chi connectivity index (χ0) is 9.84. The first-order valence-corrected chi connectivity index (χ1v) is 5.08. The van der Waals surface area contributed by atoms with Gasteiger partial charge in [-0.05, 0) is 13.8 Å². The van der Waals surface area contributed by atoms with Crippen molar-refractivity contribution in [2.45, 2.75) is 27.2 Å². The zero-order valence-corrected chi connectivity index (χ0v) is 8.99. The Bertz CT molecular complexity index is 307. The number of nitrogens with one attached hydrogen (secondary N) is 1. The molecule has 3 nitrogen and oxygen atoms in total. The fourth-order valence-corrected chi connectivity index (χ4v) is 2.09. The summed E-state index contributed by atoms with van der Waals surface area (Å²) in [5.74, 6) is 0.0268. The fraction of sp³-hybridized carbons (Fsp3) is 0.556. The Kier molecular flexibility index (Phi) is 3.42. The summed E-state index contributed by atoms with van der Waals surface area (Å²) in [5.41, 5.74) is 1.09. The van der Waals surface area contributed by atoms with E-state index in [-0.39, 0.29) is 5.91 Å². The van der Waals surface area contributed by atoms with Gasteiger partial charge in [0.1, 0.15) is 0 Å². The standard InChI is InChI=1S/C9H14N2OS/c1-6-9(13-8(3)11-6)4-5-10-7(2)12/h4-5H2,1-3H3,(H,10,12). The number of carbonyl (C=O) groups excluding carboxylic acids is 1. The largest absolute Gasteiger partial charge is 0.356 e. The van der Waals surface area contributed by atoms with Gasteiger partial charge in [0.05, 0.1) is 10.7 Å². The van der Waals surface area contributed by atoms with Gasteiger partial charge in [-0.25, -0.2) is 4.98 Å². The Labute approximate surface area is 82.2 Å². The zero-order valence-electron chi connectivity index (χ0n) is 8.18. The SMILES string of the molecule is CC(=O)NCCc1sc(C)nc1C. The second-order valence-corrected chi connectivity index (χ2v) is 4.26. The quantitative estimate of drug-likeness (QED) is 0.798. The minimum Gasteiger partial charge on any atom is -0.356 e. The molecule has 0 aliphatic heterocycles. The highest BCUT2D eigenvalue weighted by Gasteiger charge is 2.03. The second kappa shape index (κ2) is 4.37. The van der Waals surface area contributed by atoms with Crippen LogP contribution >= 0.6 is 11.3 Å². The topological polar surface area (TPSA) is 42.0 Å². The van der Waals surface area contributed by atoms with E-state index in [0.717, 1.165) is 17.1 Å². The van der Waals surface area contributed by atoms with Gasteiger partial charge in [0.2, 0.25) is 5.91 Å². The molecule has 13 heavy (non-hydrogen) atoms. The van der Waals surface area contributed by atoms with Gasteiger partial charge in [-0.3, -0.25) is 4.79 Å². The molecule has 0 bridgehead atoms. The van der Waals surface area contributed by atoms with E-state index in [1.807, 2.05) is 13.8 Å². The van der Waals surface area contributed by atoms with Gasteiger partial charge in [0.15, 0.2) is 0 Å². The van der Waals surface area contributed by atoms with E-state index in [4.69, 9.17) is 0 Å². The number of carbonyl (C=O) groups is 1. The molecule has 1 aromatic rings. The summed E-state index contributed by atoms with van der Waals surface area (Å²) in [6.45, 7) is 6.24. The molecule has 0 saturated carbocycles. The van der Waals surface area contributed by atoms with Gasteiger partial charge < -0.3 is 5.32 Å². The molecule has 0 aromatic carbocycles. The van der Waals surface area contributed by atoms with Crippen LogP contribution in [-0.4, -0.2) is 17.4 Å². The molecule has 0 radical (unpaired) electrons. The third-order valence-corrected chi connectivity index (χ3v) is 2.86. The summed E-state index contributed by atoms with van der Waals surface area (Å²) >= 11 is 1.70. The highest BCUT2D eigenvalue weighted by atomic mass is 32.1. The molecule has 1 N–H and O–H groups in total. The van der Waals surface area contributed by atoms with Crippen LogP contribution in [0.15, 0.2) is 0 Å². The second-order valence-electron chi connectivity index (χ2n) is 2.97. The predicted molar refractivity (Wildman–Crippen MR) is 54.0 cm³/mol. The van der Waals surface area contributed by atoms with Crippen molar-refractivity contribution >= 4 is 17.2 Å². The normalized spacial score (nSPS) is 10.1. The number of nitrogens with zero attached hydrogens (tertiary/aromatic N) is 1. The predicted octanol–water partition coefficient (Wildman–Crippen LogP) is 1.44. The molecule has 1 aromatic heterocycles. The van der Waals surface area contributed by atoms with E-state index < -0.39 is 0 Å². The van der Waals surface area contributed by atoms with Gasteiger partial charge in [0, 0.05) is 24.8 Å². The number of aromatic nitrogens is 1. The molecular weight excluding hydrogens is 184 g/mol. The fourth-order valence-electron chi connectivity index (χ4n) is 1.16. The average Bonchev–Trinajstić information content (AvgIpc) is 2.29. The van der Waals surface area contributed by atoms with Crippen molar-refractivity contribution < 1.29 is 4.79 Å². The maximum absolute atomic E-state index is 10.6. The van der Waals surface area contributed by atoms with Crippen LogP contribution in [0.5, 0.6) is 0 Å². The monoisotopic (exact) mass is 198 g/mol. The van der Waals surface area contributed by atoms with Gasteiger partial charge in [-0.1, -0.05) is 0 Å². The van der Waals surface area contributed by atoms with E-state index in [9.17, 15) is 4.79 Å². The highest BCUT2D eigenvalue weighted by molar-refractivity contribution is 7.11. The van der Waals surface area contributed by atoms with Gasteiger partial charge in [0.25, 0.3) is 0 Å². The van der Waals surface area contributed by atoms with Crippen LogP contribution in [0.25, 0.3) is 0 Å². The maximum atomic E-state index is 10.6. The molecular formula is C9H14N2OS. The maximum Gasteiger partial charge on any atom is 0.216 e. The van der Waals surface area contributed by atoms with Gasteiger partial charge >= 0.3 is 0 Å². The van der Waals surface area contributed by atoms with Crippen LogP contribution in [0.2, 0.25) is 0 Å². The molecule has 1 heterocycles. The van der Waals surface area contributed by atoms with Crippen LogP contribution in [0, 0.1) is 13.8 Å². The van der Waals surface area contributed by atoms with Crippen molar-refractivity contribution in [2.24, 2.45) is 0 Å². The summed E-state index contributed by atoms with van der Waals surface area (Å²) in [7, 11) is 0. The van der Waals surface area contributed by atoms with Crippen LogP contribution in [0.4, 0.5) is 0 Å². The summed E-state index contributed by atoms with van der Waals surface area (Å²) in [4.78, 5) is 16.2. The Balaban J connectivity index is 2.45. The van der Waals surface area contributed by atoms with Crippen molar-refractivity contribution in [3.8, 4) is 0 Å². The van der Waals surface area contributed by atoms with E-state index in [2.05, 4.69) is 10.3 Å². The number of hydrogen-bond donors (Lipinski definition) is 1. The van der Waals surface area contributed by atoms with Crippen LogP contribution in [0.3, 0.4) is 0 Å². The average molecular weight is 198 g/mol. The summed E-state index contributed by atoms with van der Waals surface area (Å²) in [6.07, 6.45) is 0.886. The van der Waals surface area contributed by atoms with E-state index in [1.165, 1.54) is 11.8 Å². The molecule has 4 heteroatoms. The molecule has 0 saturated heterocycles. The Morgan fingerprint density at radius 3 is 2.69 bits per heavy atom. The highest BCUT2D eigenvalue weighted by Crippen LogP contribution is 2.16. The third-order valence-electron chi connectivity index (χ3n) is 1.73. The lowest BCUT2D eigenvalue weighted by atomic mass is 10.3. The Morgan fingerprint density at radius 1 is 1.54 bits per heavy atom. The van der Waals surface area contributed by atoms with Crippen molar-refractivity contribution in [1.82, 2.24) is 10.3 Å². The van der Waals surface area contributed by atoms with Crippen molar-refractivity contribution in [3.63, 3.8) is 0 Å². The first kappa shape index (κ1) is 10.2. The third kappa shape index (κ3) is 3.14. The van der Waals surface area contributed by atoms with Crippen LogP contribution < -0.4 is 5.32 Å². The Morgan fingerprint density at radius 2 is 2.23 bits per heavy atom. The lowest BCUT2D eigenvalue weighted by molar-refractivity contribution is -0.118. The molecule has 0 aliphatic carbocycles. The molecule has 0 spiro atoms. The number of aryl methyl sites for hydroxylation is 2. The van der Waals surface area contributed by atoms with Crippen molar-refractivity contribution in [3.05, 3.63) is 15.6 Å². The number of hydrogen-bond acceptors (Lipinski definition) is 3. The van der Waals surface area contributed by atoms with Crippen molar-refractivity contribution in [1.29, 1.82) is 0 Å². The smallest absolute Gasteiger partial charge is 0.216 e. The van der Waals surface area contributed by atoms with Crippen molar-refractivity contribution in [2.75, 3.05) is 6.54 Å². The first-order chi connectivity index (χ1) is 6.09. The minimum absolute atomic E-state index is 0.0268.